The topological polar surface area (TPSA) is 92.0 Å². The van der Waals surface area contributed by atoms with E-state index >= 15 is 0 Å². The molecular formula is C8H7N3O3. The monoisotopic (exact) mass is 193 g/mol. The molecule has 0 bridgehead atoms. The smallest absolute Gasteiger partial charge is 0.223 e. The van der Waals surface area contributed by atoms with Crippen molar-refractivity contribution in [2.45, 2.75) is 6.92 Å². The maximum Gasteiger partial charge on any atom is 0.223 e. The molecule has 0 aliphatic carbocycles. The standard InChI is InChI=1S/C8H7N3O3/c1-4-10-8(11-14-4)6-7(13)5(12)2-3-9-6/h2-3,13H,1H3,(H,9,12). The van der Waals surface area contributed by atoms with Gasteiger partial charge in [-0.1, -0.05) is 5.16 Å². The van der Waals surface area contributed by atoms with E-state index in [1.54, 1.807) is 6.92 Å². The maximum atomic E-state index is 11.1. The summed E-state index contributed by atoms with van der Waals surface area (Å²) < 4.78 is 4.72. The van der Waals surface area contributed by atoms with Gasteiger partial charge in [0.05, 0.1) is 0 Å². The highest BCUT2D eigenvalue weighted by Gasteiger charge is 2.12. The number of rotatable bonds is 1. The van der Waals surface area contributed by atoms with Crippen LogP contribution in [0.5, 0.6) is 5.75 Å². The van der Waals surface area contributed by atoms with Crippen molar-refractivity contribution in [2.24, 2.45) is 0 Å². The van der Waals surface area contributed by atoms with E-state index in [0.717, 1.165) is 0 Å². The molecule has 2 aromatic heterocycles. The molecule has 0 aliphatic heterocycles. The van der Waals surface area contributed by atoms with Gasteiger partial charge in [0.2, 0.25) is 17.1 Å². The molecule has 0 saturated carbocycles. The summed E-state index contributed by atoms with van der Waals surface area (Å²) >= 11 is 0. The van der Waals surface area contributed by atoms with Crippen molar-refractivity contribution < 1.29 is 9.63 Å². The number of hydrogen-bond donors (Lipinski definition) is 2. The fourth-order valence-electron chi connectivity index (χ4n) is 1.04. The number of aryl methyl sites for hydroxylation is 1. The highest BCUT2D eigenvalue weighted by molar-refractivity contribution is 5.57. The lowest BCUT2D eigenvalue weighted by Crippen LogP contribution is -2.01. The second-order valence-electron chi connectivity index (χ2n) is 2.70. The SMILES string of the molecule is Cc1nc(-c2[nH]ccc(=O)c2O)no1. The summed E-state index contributed by atoms with van der Waals surface area (Å²) in [5.41, 5.74) is -0.324. The van der Waals surface area contributed by atoms with Crippen molar-refractivity contribution >= 4 is 0 Å². The zero-order valence-corrected chi connectivity index (χ0v) is 7.31. The first-order chi connectivity index (χ1) is 6.68. The molecule has 2 N–H and O–H groups in total. The summed E-state index contributed by atoms with van der Waals surface area (Å²) in [6.45, 7) is 1.62. The Labute approximate surface area is 78.2 Å². The normalized spacial score (nSPS) is 10.4. The van der Waals surface area contributed by atoms with Crippen LogP contribution in [0.4, 0.5) is 0 Å². The van der Waals surface area contributed by atoms with E-state index in [0.29, 0.717) is 5.89 Å². The Morgan fingerprint density at radius 2 is 2.36 bits per heavy atom. The van der Waals surface area contributed by atoms with Gasteiger partial charge in [-0.3, -0.25) is 4.79 Å². The van der Waals surface area contributed by atoms with Crippen LogP contribution in [-0.2, 0) is 0 Å². The maximum absolute atomic E-state index is 11.1. The van der Waals surface area contributed by atoms with E-state index < -0.39 is 11.2 Å². The molecule has 0 unspecified atom stereocenters. The highest BCUT2D eigenvalue weighted by atomic mass is 16.5. The second kappa shape index (κ2) is 2.99. The lowest BCUT2D eigenvalue weighted by Gasteiger charge is -1.96. The summed E-state index contributed by atoms with van der Waals surface area (Å²) in [5.74, 6) is 0.120. The zero-order chi connectivity index (χ0) is 10.1. The van der Waals surface area contributed by atoms with Gasteiger partial charge in [-0.2, -0.15) is 4.98 Å². The third-order valence-electron chi connectivity index (χ3n) is 1.68. The van der Waals surface area contributed by atoms with Crippen LogP contribution in [0.3, 0.4) is 0 Å². The fourth-order valence-corrected chi connectivity index (χ4v) is 1.04. The number of aromatic amines is 1. The molecule has 2 aromatic rings. The molecule has 0 amide bonds. The molecule has 14 heavy (non-hydrogen) atoms. The van der Waals surface area contributed by atoms with Gasteiger partial charge in [0.15, 0.2) is 5.75 Å². The summed E-state index contributed by atoms with van der Waals surface area (Å²) in [5, 5.41) is 13.0. The van der Waals surface area contributed by atoms with Crippen LogP contribution in [0.2, 0.25) is 0 Å². The first kappa shape index (κ1) is 8.49. The number of nitrogens with zero attached hydrogens (tertiary/aromatic N) is 2. The van der Waals surface area contributed by atoms with Gasteiger partial charge in [-0.25, -0.2) is 0 Å². The second-order valence-corrected chi connectivity index (χ2v) is 2.70. The van der Waals surface area contributed by atoms with Crippen molar-refractivity contribution in [3.63, 3.8) is 0 Å². The van der Waals surface area contributed by atoms with Crippen LogP contribution in [0.25, 0.3) is 11.5 Å². The Hall–Kier alpha value is -2.11. The van der Waals surface area contributed by atoms with E-state index in [1.807, 2.05) is 0 Å². The number of aromatic nitrogens is 3. The van der Waals surface area contributed by atoms with Gasteiger partial charge >= 0.3 is 0 Å². The lowest BCUT2D eigenvalue weighted by molar-refractivity contribution is 0.393. The molecule has 0 spiro atoms. The van der Waals surface area contributed by atoms with Gasteiger partial charge < -0.3 is 14.6 Å². The molecule has 0 saturated heterocycles. The largest absolute Gasteiger partial charge is 0.503 e. The molecule has 0 aromatic carbocycles. The van der Waals surface area contributed by atoms with Crippen molar-refractivity contribution in [2.75, 3.05) is 0 Å². The van der Waals surface area contributed by atoms with Crippen molar-refractivity contribution in [1.82, 2.24) is 15.1 Å². The summed E-state index contributed by atoms with van der Waals surface area (Å²) in [6.07, 6.45) is 1.41. The predicted octanol–water partition coefficient (Wildman–Crippen LogP) is 0.439. The number of aromatic hydroxyl groups is 1. The first-order valence-electron chi connectivity index (χ1n) is 3.90. The summed E-state index contributed by atoms with van der Waals surface area (Å²) in [7, 11) is 0. The Kier molecular flexibility index (Phi) is 1.81. The van der Waals surface area contributed by atoms with Crippen LogP contribution < -0.4 is 5.43 Å². The Morgan fingerprint density at radius 1 is 1.57 bits per heavy atom. The molecule has 2 rings (SSSR count). The number of hydrogen-bond acceptors (Lipinski definition) is 5. The Morgan fingerprint density at radius 3 is 3.00 bits per heavy atom. The predicted molar refractivity (Wildman–Crippen MR) is 46.8 cm³/mol. The van der Waals surface area contributed by atoms with Gasteiger partial charge in [0.1, 0.15) is 5.69 Å². The van der Waals surface area contributed by atoms with E-state index in [2.05, 4.69) is 15.1 Å². The minimum Gasteiger partial charge on any atom is -0.503 e. The van der Waals surface area contributed by atoms with Gasteiger partial charge in [-0.15, -0.1) is 0 Å². The van der Waals surface area contributed by atoms with Crippen LogP contribution in [0, 0.1) is 6.92 Å². The van der Waals surface area contributed by atoms with E-state index in [1.165, 1.54) is 12.3 Å². The van der Waals surface area contributed by atoms with Crippen LogP contribution >= 0.6 is 0 Å². The van der Waals surface area contributed by atoms with Crippen LogP contribution in [0.1, 0.15) is 5.89 Å². The average Bonchev–Trinajstić information content (AvgIpc) is 2.57. The molecular weight excluding hydrogens is 186 g/mol. The number of pyridine rings is 1. The van der Waals surface area contributed by atoms with Crippen LogP contribution in [-0.4, -0.2) is 20.2 Å². The van der Waals surface area contributed by atoms with Crippen molar-refractivity contribution in [1.29, 1.82) is 0 Å². The Bertz CT molecular complexity index is 515. The third-order valence-corrected chi connectivity index (χ3v) is 1.68. The molecule has 0 aliphatic rings. The lowest BCUT2D eigenvalue weighted by atomic mass is 10.3. The van der Waals surface area contributed by atoms with E-state index in [4.69, 9.17) is 4.52 Å². The minimum absolute atomic E-state index is 0.161. The molecule has 0 radical (unpaired) electrons. The quantitative estimate of drug-likeness (QED) is 0.685. The van der Waals surface area contributed by atoms with Gasteiger partial charge in [-0.05, 0) is 0 Å². The minimum atomic E-state index is -0.485. The highest BCUT2D eigenvalue weighted by Crippen LogP contribution is 2.19. The summed E-state index contributed by atoms with van der Waals surface area (Å²) in [6, 6.07) is 1.21. The zero-order valence-electron chi connectivity index (χ0n) is 7.31. The molecule has 6 nitrogen and oxygen atoms in total. The third kappa shape index (κ3) is 1.26. The number of nitrogens with one attached hydrogen (secondary N) is 1. The van der Waals surface area contributed by atoms with Gasteiger partial charge in [0, 0.05) is 19.2 Å². The molecule has 6 heteroatoms. The van der Waals surface area contributed by atoms with Gasteiger partial charge in [0.25, 0.3) is 0 Å². The molecule has 0 fully saturated rings. The molecule has 72 valence electrons. The van der Waals surface area contributed by atoms with Crippen molar-refractivity contribution in [3.05, 3.63) is 28.4 Å². The van der Waals surface area contributed by atoms with Crippen LogP contribution in [0.15, 0.2) is 21.6 Å². The average molecular weight is 193 g/mol. The Balaban J connectivity index is 2.63. The molecule has 2 heterocycles. The summed E-state index contributed by atoms with van der Waals surface area (Å²) in [4.78, 5) is 17.6. The van der Waals surface area contributed by atoms with Crippen molar-refractivity contribution in [3.8, 4) is 17.3 Å². The van der Waals surface area contributed by atoms with E-state index in [-0.39, 0.29) is 11.5 Å². The van der Waals surface area contributed by atoms with E-state index in [9.17, 15) is 9.90 Å². The molecule has 0 atom stereocenters. The first-order valence-corrected chi connectivity index (χ1v) is 3.90. The fraction of sp³-hybridized carbons (Fsp3) is 0.125. The number of H-pyrrole nitrogens is 1.